The zero-order valence-electron chi connectivity index (χ0n) is 13.1. The van der Waals surface area contributed by atoms with E-state index in [1.54, 1.807) is 0 Å². The SMILES string of the molecule is Cc1ccc(C(=O)N(C)Cc2nc3ccc(F)cc3[nH]2)n1C(F)F. The highest BCUT2D eigenvalue weighted by Crippen LogP contribution is 2.20. The molecule has 0 bridgehead atoms. The maximum absolute atomic E-state index is 13.2. The smallest absolute Gasteiger partial charge is 0.319 e. The van der Waals surface area contributed by atoms with Crippen LogP contribution in [0.15, 0.2) is 30.3 Å². The summed E-state index contributed by atoms with van der Waals surface area (Å²) in [4.78, 5) is 20.9. The van der Waals surface area contributed by atoms with E-state index >= 15 is 0 Å². The lowest BCUT2D eigenvalue weighted by Gasteiger charge is -2.17. The highest BCUT2D eigenvalue weighted by molar-refractivity contribution is 5.92. The van der Waals surface area contributed by atoms with Gasteiger partial charge in [0.25, 0.3) is 5.91 Å². The summed E-state index contributed by atoms with van der Waals surface area (Å²) in [6.07, 6.45) is 0. The lowest BCUT2D eigenvalue weighted by atomic mass is 10.3. The van der Waals surface area contributed by atoms with Crippen LogP contribution in [0.25, 0.3) is 11.0 Å². The predicted molar refractivity (Wildman–Crippen MR) is 82.3 cm³/mol. The van der Waals surface area contributed by atoms with Gasteiger partial charge < -0.3 is 9.88 Å². The fraction of sp³-hybridized carbons (Fsp3) is 0.250. The number of imidazole rings is 1. The number of carbonyl (C=O) groups is 1. The largest absolute Gasteiger partial charge is 0.340 e. The van der Waals surface area contributed by atoms with Crippen LogP contribution in [-0.4, -0.2) is 32.4 Å². The number of aromatic nitrogens is 3. The Kier molecular flexibility index (Phi) is 4.04. The van der Waals surface area contributed by atoms with Crippen LogP contribution in [-0.2, 0) is 6.54 Å². The number of amides is 1. The second-order valence-corrected chi connectivity index (χ2v) is 5.51. The third kappa shape index (κ3) is 2.86. The van der Waals surface area contributed by atoms with Gasteiger partial charge in [-0.1, -0.05) is 0 Å². The summed E-state index contributed by atoms with van der Waals surface area (Å²) in [7, 11) is 1.49. The molecule has 0 saturated carbocycles. The molecule has 0 aliphatic rings. The average Bonchev–Trinajstić information content (AvgIpc) is 3.08. The van der Waals surface area contributed by atoms with Crippen LogP contribution in [0.3, 0.4) is 0 Å². The number of carbonyl (C=O) groups excluding carboxylic acids is 1. The molecule has 1 amide bonds. The van der Waals surface area contributed by atoms with Crippen molar-refractivity contribution >= 4 is 16.9 Å². The molecule has 2 heterocycles. The number of nitrogens with zero attached hydrogens (tertiary/aromatic N) is 3. The molecule has 2 aromatic heterocycles. The standard InChI is InChI=1S/C16H15F3N4O/c1-9-3-6-13(23(9)16(18)19)15(24)22(2)8-14-20-11-5-4-10(17)7-12(11)21-14/h3-7,16H,8H2,1-2H3,(H,20,21). The number of rotatable bonds is 4. The van der Waals surface area contributed by atoms with Gasteiger partial charge in [0, 0.05) is 12.7 Å². The molecule has 126 valence electrons. The first-order valence-corrected chi connectivity index (χ1v) is 7.22. The molecule has 5 nitrogen and oxygen atoms in total. The number of halogens is 3. The van der Waals surface area contributed by atoms with Gasteiger partial charge in [-0.25, -0.2) is 9.37 Å². The number of benzene rings is 1. The van der Waals surface area contributed by atoms with Crippen LogP contribution in [0.1, 0.15) is 28.6 Å². The van der Waals surface area contributed by atoms with Crippen LogP contribution in [0.4, 0.5) is 13.2 Å². The molecule has 0 unspecified atom stereocenters. The number of nitrogens with one attached hydrogen (secondary N) is 1. The van der Waals surface area contributed by atoms with E-state index in [2.05, 4.69) is 9.97 Å². The van der Waals surface area contributed by atoms with Crippen LogP contribution in [0.5, 0.6) is 0 Å². The molecule has 0 saturated heterocycles. The molecule has 3 aromatic rings. The maximum Gasteiger partial charge on any atom is 0.319 e. The fourth-order valence-electron chi connectivity index (χ4n) is 2.59. The van der Waals surface area contributed by atoms with Crippen molar-refractivity contribution in [3.05, 3.63) is 53.4 Å². The number of aryl methyl sites for hydroxylation is 1. The first kappa shape index (κ1) is 16.1. The highest BCUT2D eigenvalue weighted by atomic mass is 19.3. The molecule has 0 aliphatic heterocycles. The molecule has 24 heavy (non-hydrogen) atoms. The number of hydrogen-bond donors (Lipinski definition) is 1. The van der Waals surface area contributed by atoms with Gasteiger partial charge in [0.15, 0.2) is 0 Å². The first-order valence-electron chi connectivity index (χ1n) is 7.22. The van der Waals surface area contributed by atoms with Gasteiger partial charge in [0.05, 0.1) is 17.6 Å². The lowest BCUT2D eigenvalue weighted by Crippen LogP contribution is -2.29. The molecule has 1 N–H and O–H groups in total. The number of aromatic amines is 1. The number of H-pyrrole nitrogens is 1. The minimum Gasteiger partial charge on any atom is -0.340 e. The van der Waals surface area contributed by atoms with Crippen molar-refractivity contribution in [1.29, 1.82) is 0 Å². The maximum atomic E-state index is 13.2. The van der Waals surface area contributed by atoms with E-state index in [-0.39, 0.29) is 12.2 Å². The molecule has 0 aliphatic carbocycles. The summed E-state index contributed by atoms with van der Waals surface area (Å²) in [5.41, 5.74) is 1.30. The Balaban J connectivity index is 1.83. The Labute approximate surface area is 135 Å². The number of hydrogen-bond acceptors (Lipinski definition) is 2. The Bertz CT molecular complexity index is 900. The zero-order valence-corrected chi connectivity index (χ0v) is 13.1. The second-order valence-electron chi connectivity index (χ2n) is 5.51. The van der Waals surface area contributed by atoms with E-state index in [0.29, 0.717) is 27.1 Å². The lowest BCUT2D eigenvalue weighted by molar-refractivity contribution is 0.0563. The number of fused-ring (bicyclic) bond motifs is 1. The monoisotopic (exact) mass is 336 g/mol. The minimum absolute atomic E-state index is 0.0859. The molecule has 1 aromatic carbocycles. The van der Waals surface area contributed by atoms with Gasteiger partial charge in [-0.3, -0.25) is 9.36 Å². The van der Waals surface area contributed by atoms with Gasteiger partial charge in [-0.05, 0) is 37.3 Å². The summed E-state index contributed by atoms with van der Waals surface area (Å²) >= 11 is 0. The topological polar surface area (TPSA) is 53.9 Å². The molecule has 0 radical (unpaired) electrons. The van der Waals surface area contributed by atoms with Gasteiger partial charge in [-0.2, -0.15) is 8.78 Å². The Hall–Kier alpha value is -2.77. The van der Waals surface area contributed by atoms with Crippen LogP contribution in [0.2, 0.25) is 0 Å². The summed E-state index contributed by atoms with van der Waals surface area (Å²) in [5, 5.41) is 0. The van der Waals surface area contributed by atoms with Gasteiger partial charge in [0.1, 0.15) is 17.3 Å². The zero-order chi connectivity index (χ0) is 17.4. The normalized spacial score (nSPS) is 11.4. The molecule has 0 fully saturated rings. The van der Waals surface area contributed by atoms with Crippen molar-refractivity contribution < 1.29 is 18.0 Å². The van der Waals surface area contributed by atoms with Crippen molar-refractivity contribution in [2.24, 2.45) is 0 Å². The highest BCUT2D eigenvalue weighted by Gasteiger charge is 2.22. The van der Waals surface area contributed by atoms with Gasteiger partial charge in [0.2, 0.25) is 0 Å². The molecule has 0 spiro atoms. The molecule has 8 heteroatoms. The third-order valence-corrected chi connectivity index (χ3v) is 3.76. The number of alkyl halides is 2. The molecular formula is C16H15F3N4O. The summed E-state index contributed by atoms with van der Waals surface area (Å²) in [6, 6.07) is 6.96. The second kappa shape index (κ2) is 6.03. The third-order valence-electron chi connectivity index (χ3n) is 3.76. The Morgan fingerprint density at radius 3 is 2.79 bits per heavy atom. The van der Waals surface area contributed by atoms with Crippen molar-refractivity contribution in [2.75, 3.05) is 7.05 Å². The van der Waals surface area contributed by atoms with Gasteiger partial charge in [-0.15, -0.1) is 0 Å². The Morgan fingerprint density at radius 2 is 2.08 bits per heavy atom. The van der Waals surface area contributed by atoms with E-state index in [1.165, 1.54) is 49.2 Å². The van der Waals surface area contributed by atoms with E-state index in [9.17, 15) is 18.0 Å². The fourth-order valence-corrected chi connectivity index (χ4v) is 2.59. The van der Waals surface area contributed by atoms with Crippen molar-refractivity contribution in [1.82, 2.24) is 19.4 Å². The molecule has 0 atom stereocenters. The molecule has 3 rings (SSSR count). The van der Waals surface area contributed by atoms with Crippen molar-refractivity contribution in [3.63, 3.8) is 0 Å². The molecular weight excluding hydrogens is 321 g/mol. The van der Waals surface area contributed by atoms with Crippen LogP contribution < -0.4 is 0 Å². The first-order chi connectivity index (χ1) is 11.4. The van der Waals surface area contributed by atoms with E-state index in [4.69, 9.17) is 0 Å². The summed E-state index contributed by atoms with van der Waals surface area (Å²) < 4.78 is 40.1. The van der Waals surface area contributed by atoms with Crippen LogP contribution >= 0.6 is 0 Å². The van der Waals surface area contributed by atoms with E-state index in [1.807, 2.05) is 0 Å². The van der Waals surface area contributed by atoms with Crippen LogP contribution in [0, 0.1) is 12.7 Å². The summed E-state index contributed by atoms with van der Waals surface area (Å²) in [5.74, 6) is -0.499. The quantitative estimate of drug-likeness (QED) is 0.793. The predicted octanol–water partition coefficient (Wildman–Crippen LogP) is 3.48. The van der Waals surface area contributed by atoms with E-state index < -0.39 is 18.3 Å². The Morgan fingerprint density at radius 1 is 1.33 bits per heavy atom. The average molecular weight is 336 g/mol. The summed E-state index contributed by atoms with van der Waals surface area (Å²) in [6.45, 7) is -1.19. The van der Waals surface area contributed by atoms with Crippen molar-refractivity contribution in [2.45, 2.75) is 20.0 Å². The van der Waals surface area contributed by atoms with Gasteiger partial charge >= 0.3 is 6.55 Å². The van der Waals surface area contributed by atoms with Crippen molar-refractivity contribution in [3.8, 4) is 0 Å². The minimum atomic E-state index is -2.79. The van der Waals surface area contributed by atoms with E-state index in [0.717, 1.165) is 0 Å².